The molecule has 7 nitrogen and oxygen atoms in total. The molecule has 5 rings (SSSR count). The average Bonchev–Trinajstić information content (AvgIpc) is 3.46. The summed E-state index contributed by atoms with van der Waals surface area (Å²) in [5, 5.41) is 9.08. The Kier molecular flexibility index (Phi) is 6.24. The lowest BCUT2D eigenvalue weighted by Gasteiger charge is -2.23. The van der Waals surface area contributed by atoms with Crippen molar-refractivity contribution in [2.24, 2.45) is 0 Å². The summed E-state index contributed by atoms with van der Waals surface area (Å²) in [5.74, 6) is -1.19. The Balaban J connectivity index is 1.48. The van der Waals surface area contributed by atoms with Gasteiger partial charge in [0.15, 0.2) is 5.76 Å². The summed E-state index contributed by atoms with van der Waals surface area (Å²) in [6, 6.07) is 16.8. The van der Waals surface area contributed by atoms with Crippen LogP contribution in [0.2, 0.25) is 0 Å². The first-order valence-corrected chi connectivity index (χ1v) is 11.5. The minimum absolute atomic E-state index is 0.00164. The van der Waals surface area contributed by atoms with E-state index in [9.17, 15) is 18.0 Å². The standard InChI is InChI=1S/C26H22F3N5O2/c27-26(28,29)25(35)33-11-2-10-32(12-13-33)17-21-24(22-3-1-14-36-22)31-23-9-8-20(16-34(21)23)19-6-4-18(15-30)5-7-19/h1,3-9,14,16H,2,10-13,17H2. The van der Waals surface area contributed by atoms with E-state index in [1.165, 1.54) is 0 Å². The molecule has 184 valence electrons. The number of nitrogens with zero attached hydrogens (tertiary/aromatic N) is 5. The van der Waals surface area contributed by atoms with Gasteiger partial charge < -0.3 is 13.7 Å². The summed E-state index contributed by atoms with van der Waals surface area (Å²) in [6.45, 7) is 1.34. The van der Waals surface area contributed by atoms with Gasteiger partial charge in [-0.2, -0.15) is 18.4 Å². The molecule has 4 aromatic rings. The van der Waals surface area contributed by atoms with Gasteiger partial charge in [-0.05, 0) is 53.9 Å². The van der Waals surface area contributed by atoms with Crippen LogP contribution in [0.1, 0.15) is 17.7 Å². The maximum absolute atomic E-state index is 12.9. The maximum Gasteiger partial charge on any atom is 0.471 e. The van der Waals surface area contributed by atoms with Crippen LogP contribution in [0.25, 0.3) is 28.2 Å². The monoisotopic (exact) mass is 493 g/mol. The first-order chi connectivity index (χ1) is 17.3. The van der Waals surface area contributed by atoms with Crippen molar-refractivity contribution in [1.29, 1.82) is 5.26 Å². The third-order valence-corrected chi connectivity index (χ3v) is 6.31. The van der Waals surface area contributed by atoms with Gasteiger partial charge in [-0.15, -0.1) is 0 Å². The van der Waals surface area contributed by atoms with E-state index in [-0.39, 0.29) is 13.1 Å². The first-order valence-electron chi connectivity index (χ1n) is 11.5. The van der Waals surface area contributed by atoms with E-state index in [1.807, 2.05) is 45.8 Å². The molecule has 1 aliphatic heterocycles. The van der Waals surface area contributed by atoms with Crippen LogP contribution >= 0.6 is 0 Å². The van der Waals surface area contributed by atoms with Crippen LogP contribution in [0.4, 0.5) is 13.2 Å². The minimum Gasteiger partial charge on any atom is -0.463 e. The Bertz CT molecular complexity index is 1420. The molecule has 10 heteroatoms. The molecule has 1 aromatic carbocycles. The van der Waals surface area contributed by atoms with Crippen LogP contribution < -0.4 is 0 Å². The van der Waals surface area contributed by atoms with Crippen LogP contribution in [-0.4, -0.2) is 57.4 Å². The summed E-state index contributed by atoms with van der Waals surface area (Å²) in [6.07, 6.45) is -0.906. The zero-order valence-corrected chi connectivity index (χ0v) is 19.2. The average molecular weight is 493 g/mol. The highest BCUT2D eigenvalue weighted by atomic mass is 19.4. The second kappa shape index (κ2) is 9.51. The predicted octanol–water partition coefficient (Wildman–Crippen LogP) is 4.73. The number of hydrogen-bond donors (Lipinski definition) is 0. The number of pyridine rings is 1. The largest absolute Gasteiger partial charge is 0.471 e. The van der Waals surface area contributed by atoms with Crippen molar-refractivity contribution in [2.45, 2.75) is 19.1 Å². The Morgan fingerprint density at radius 2 is 1.81 bits per heavy atom. The van der Waals surface area contributed by atoms with Crippen LogP contribution in [0.15, 0.2) is 65.4 Å². The quantitative estimate of drug-likeness (QED) is 0.411. The van der Waals surface area contributed by atoms with E-state index in [1.54, 1.807) is 24.5 Å². The van der Waals surface area contributed by atoms with E-state index < -0.39 is 12.1 Å². The summed E-state index contributed by atoms with van der Waals surface area (Å²) in [5.41, 5.74) is 4.64. The van der Waals surface area contributed by atoms with Crippen LogP contribution in [0.5, 0.6) is 0 Å². The van der Waals surface area contributed by atoms with Gasteiger partial charge in [-0.25, -0.2) is 4.98 Å². The van der Waals surface area contributed by atoms with Crippen molar-refractivity contribution in [2.75, 3.05) is 26.2 Å². The van der Waals surface area contributed by atoms with Crippen LogP contribution in [0, 0.1) is 11.3 Å². The van der Waals surface area contributed by atoms with Crippen LogP contribution in [-0.2, 0) is 11.3 Å². The van der Waals surface area contributed by atoms with Crippen molar-refractivity contribution in [3.05, 3.63) is 72.2 Å². The lowest BCUT2D eigenvalue weighted by molar-refractivity contribution is -0.185. The first kappa shape index (κ1) is 23.6. The number of nitriles is 1. The molecule has 0 radical (unpaired) electrons. The van der Waals surface area contributed by atoms with E-state index in [0.29, 0.717) is 48.7 Å². The molecule has 0 bridgehead atoms. The lowest BCUT2D eigenvalue weighted by atomic mass is 10.1. The fraction of sp³-hybridized carbons (Fsp3) is 0.269. The number of imidazole rings is 1. The molecule has 0 atom stereocenters. The molecule has 0 unspecified atom stereocenters. The molecule has 1 saturated heterocycles. The van der Waals surface area contributed by atoms with Crippen molar-refractivity contribution in [1.82, 2.24) is 19.2 Å². The molecule has 1 fully saturated rings. The molecule has 3 aromatic heterocycles. The van der Waals surface area contributed by atoms with Gasteiger partial charge in [0.25, 0.3) is 0 Å². The molecule has 4 heterocycles. The highest BCUT2D eigenvalue weighted by molar-refractivity contribution is 5.81. The molecule has 0 spiro atoms. The molecule has 1 aliphatic rings. The fourth-order valence-electron chi connectivity index (χ4n) is 4.49. The molecular weight excluding hydrogens is 471 g/mol. The van der Waals surface area contributed by atoms with Gasteiger partial charge in [0.1, 0.15) is 11.3 Å². The third kappa shape index (κ3) is 4.70. The van der Waals surface area contributed by atoms with E-state index >= 15 is 0 Å². The van der Waals surface area contributed by atoms with Crippen LogP contribution in [0.3, 0.4) is 0 Å². The summed E-state index contributed by atoms with van der Waals surface area (Å²) >= 11 is 0. The van der Waals surface area contributed by atoms with Crippen molar-refractivity contribution in [3.63, 3.8) is 0 Å². The number of aromatic nitrogens is 2. The lowest BCUT2D eigenvalue weighted by Crippen LogP contribution is -2.43. The molecule has 0 saturated carbocycles. The number of benzene rings is 1. The zero-order chi connectivity index (χ0) is 25.3. The number of rotatable bonds is 4. The number of carbonyl (C=O) groups is 1. The summed E-state index contributed by atoms with van der Waals surface area (Å²) in [4.78, 5) is 19.4. The topological polar surface area (TPSA) is 77.8 Å². The van der Waals surface area contributed by atoms with Gasteiger partial charge in [0, 0.05) is 38.9 Å². The van der Waals surface area contributed by atoms with Gasteiger partial charge >= 0.3 is 12.1 Å². The fourth-order valence-corrected chi connectivity index (χ4v) is 4.49. The second-order valence-electron chi connectivity index (χ2n) is 8.64. The smallest absolute Gasteiger partial charge is 0.463 e. The number of amides is 1. The van der Waals surface area contributed by atoms with Gasteiger partial charge in [0.05, 0.1) is 23.6 Å². The predicted molar refractivity (Wildman–Crippen MR) is 126 cm³/mol. The molecule has 1 amide bonds. The van der Waals surface area contributed by atoms with E-state index in [0.717, 1.165) is 21.7 Å². The molecule has 36 heavy (non-hydrogen) atoms. The molecule has 0 aliphatic carbocycles. The second-order valence-corrected chi connectivity index (χ2v) is 8.64. The van der Waals surface area contributed by atoms with Crippen molar-refractivity contribution < 1.29 is 22.4 Å². The Labute approximate surface area is 205 Å². The van der Waals surface area contributed by atoms with Gasteiger partial charge in [-0.1, -0.05) is 12.1 Å². The highest BCUT2D eigenvalue weighted by Gasteiger charge is 2.42. The number of carbonyl (C=O) groups excluding carboxylic acids is 1. The number of fused-ring (bicyclic) bond motifs is 1. The highest BCUT2D eigenvalue weighted by Crippen LogP contribution is 2.29. The van der Waals surface area contributed by atoms with Crippen molar-refractivity contribution >= 4 is 11.6 Å². The SMILES string of the molecule is N#Cc1ccc(-c2ccc3nc(-c4ccco4)c(CN4CCCN(C(=O)C(F)(F)F)CC4)n3c2)cc1. The third-order valence-electron chi connectivity index (χ3n) is 6.31. The number of halogens is 3. The van der Waals surface area contributed by atoms with Crippen molar-refractivity contribution in [3.8, 4) is 28.7 Å². The van der Waals surface area contributed by atoms with E-state index in [4.69, 9.17) is 14.7 Å². The maximum atomic E-state index is 12.9. The molecular formula is C26H22F3N5O2. The van der Waals surface area contributed by atoms with E-state index in [2.05, 4.69) is 6.07 Å². The minimum atomic E-state index is -4.87. The zero-order valence-electron chi connectivity index (χ0n) is 19.2. The summed E-state index contributed by atoms with van der Waals surface area (Å²) in [7, 11) is 0. The number of alkyl halides is 3. The summed E-state index contributed by atoms with van der Waals surface area (Å²) < 4.78 is 46.4. The number of hydrogen-bond acceptors (Lipinski definition) is 5. The Hall–Kier alpha value is -4.10. The normalized spacial score (nSPS) is 15.1. The van der Waals surface area contributed by atoms with Gasteiger partial charge in [0.2, 0.25) is 0 Å². The number of furan rings is 1. The van der Waals surface area contributed by atoms with Gasteiger partial charge in [-0.3, -0.25) is 9.69 Å². The Morgan fingerprint density at radius 3 is 2.50 bits per heavy atom. The molecule has 0 N–H and O–H groups in total. The Morgan fingerprint density at radius 1 is 1.03 bits per heavy atom.